The Balaban J connectivity index is 2.22. The lowest BCUT2D eigenvalue weighted by Crippen LogP contribution is -2.47. The molecule has 1 aliphatic rings. The van der Waals surface area contributed by atoms with E-state index in [9.17, 15) is 18.0 Å². The highest BCUT2D eigenvalue weighted by Gasteiger charge is 2.28. The van der Waals surface area contributed by atoms with Crippen molar-refractivity contribution in [1.82, 2.24) is 10.2 Å². The standard InChI is InChI=1S/C14H24F3N3O3/c1-18-13(19-6-3-9-23-10-14(15,16)17)20-7-4-11(5-8-20)12(21)22-2/h11H,3-10H2,1-2H3,(H,18,19). The van der Waals surface area contributed by atoms with Crippen LogP contribution in [0, 0.1) is 5.92 Å². The lowest BCUT2D eigenvalue weighted by Gasteiger charge is -2.33. The molecule has 0 saturated carbocycles. The van der Waals surface area contributed by atoms with E-state index in [0.29, 0.717) is 44.9 Å². The molecule has 1 heterocycles. The van der Waals surface area contributed by atoms with Crippen LogP contribution in [0.2, 0.25) is 0 Å². The molecule has 1 fully saturated rings. The van der Waals surface area contributed by atoms with E-state index in [2.05, 4.69) is 15.0 Å². The number of methoxy groups -OCH3 is 1. The largest absolute Gasteiger partial charge is 0.469 e. The van der Waals surface area contributed by atoms with Gasteiger partial charge >= 0.3 is 12.1 Å². The summed E-state index contributed by atoms with van der Waals surface area (Å²) in [5, 5.41) is 3.09. The number of hydrogen-bond acceptors (Lipinski definition) is 4. The number of nitrogens with one attached hydrogen (secondary N) is 1. The zero-order valence-electron chi connectivity index (χ0n) is 13.5. The van der Waals surface area contributed by atoms with E-state index in [4.69, 9.17) is 4.74 Å². The highest BCUT2D eigenvalue weighted by atomic mass is 19.4. The molecule has 1 N–H and O–H groups in total. The molecule has 0 aromatic rings. The summed E-state index contributed by atoms with van der Waals surface area (Å²) in [6.45, 7) is 0.659. The first-order valence-electron chi connectivity index (χ1n) is 7.55. The molecule has 1 aliphatic heterocycles. The van der Waals surface area contributed by atoms with E-state index in [1.807, 2.05) is 4.90 Å². The third-order valence-corrected chi connectivity index (χ3v) is 3.56. The number of carbonyl (C=O) groups excluding carboxylic acids is 1. The molecule has 0 aromatic heterocycles. The molecule has 9 heteroatoms. The summed E-state index contributed by atoms with van der Waals surface area (Å²) in [5.74, 6) is 0.420. The average Bonchev–Trinajstić information content (AvgIpc) is 2.53. The molecular weight excluding hydrogens is 315 g/mol. The van der Waals surface area contributed by atoms with Gasteiger partial charge in [-0.15, -0.1) is 0 Å². The van der Waals surface area contributed by atoms with Gasteiger partial charge in [-0.1, -0.05) is 0 Å². The minimum atomic E-state index is -4.28. The highest BCUT2D eigenvalue weighted by molar-refractivity contribution is 5.80. The Morgan fingerprint density at radius 1 is 1.35 bits per heavy atom. The first-order valence-corrected chi connectivity index (χ1v) is 7.55. The molecule has 0 spiro atoms. The molecule has 0 radical (unpaired) electrons. The Labute approximate surface area is 134 Å². The predicted molar refractivity (Wildman–Crippen MR) is 79.2 cm³/mol. The van der Waals surface area contributed by atoms with E-state index < -0.39 is 12.8 Å². The van der Waals surface area contributed by atoms with Crippen molar-refractivity contribution in [3.8, 4) is 0 Å². The molecular formula is C14H24F3N3O3. The van der Waals surface area contributed by atoms with Gasteiger partial charge in [-0.2, -0.15) is 13.2 Å². The van der Waals surface area contributed by atoms with Gasteiger partial charge in [0, 0.05) is 33.3 Å². The molecule has 0 unspecified atom stereocenters. The summed E-state index contributed by atoms with van der Waals surface area (Å²) >= 11 is 0. The van der Waals surface area contributed by atoms with Crippen LogP contribution in [0.5, 0.6) is 0 Å². The predicted octanol–water partition coefficient (Wildman–Crippen LogP) is 1.42. The van der Waals surface area contributed by atoms with Gasteiger partial charge in [0.05, 0.1) is 13.0 Å². The van der Waals surface area contributed by atoms with Crippen LogP contribution >= 0.6 is 0 Å². The number of hydrogen-bond donors (Lipinski definition) is 1. The number of ether oxygens (including phenoxy) is 2. The van der Waals surface area contributed by atoms with E-state index in [1.165, 1.54) is 7.11 Å². The van der Waals surface area contributed by atoms with E-state index in [1.54, 1.807) is 7.05 Å². The Hall–Kier alpha value is -1.51. The van der Waals surface area contributed by atoms with Crippen molar-refractivity contribution in [3.05, 3.63) is 0 Å². The fraction of sp³-hybridized carbons (Fsp3) is 0.857. The van der Waals surface area contributed by atoms with Crippen molar-refractivity contribution in [2.45, 2.75) is 25.4 Å². The van der Waals surface area contributed by atoms with Crippen LogP contribution in [0.1, 0.15) is 19.3 Å². The molecule has 0 atom stereocenters. The first kappa shape index (κ1) is 19.5. The molecule has 1 saturated heterocycles. The Bertz CT molecular complexity index is 394. The van der Waals surface area contributed by atoms with Crippen molar-refractivity contribution < 1.29 is 27.4 Å². The molecule has 1 rings (SSSR count). The first-order chi connectivity index (χ1) is 10.9. The number of guanidine groups is 1. The number of esters is 1. The van der Waals surface area contributed by atoms with Crippen LogP contribution in [0.3, 0.4) is 0 Å². The van der Waals surface area contributed by atoms with Gasteiger partial charge < -0.3 is 19.7 Å². The van der Waals surface area contributed by atoms with Gasteiger partial charge in [0.15, 0.2) is 5.96 Å². The lowest BCUT2D eigenvalue weighted by atomic mass is 9.97. The highest BCUT2D eigenvalue weighted by Crippen LogP contribution is 2.18. The molecule has 0 aliphatic carbocycles. The summed E-state index contributed by atoms with van der Waals surface area (Å²) in [7, 11) is 3.03. The summed E-state index contributed by atoms with van der Waals surface area (Å²) in [4.78, 5) is 17.7. The van der Waals surface area contributed by atoms with E-state index >= 15 is 0 Å². The van der Waals surface area contributed by atoms with Crippen LogP contribution in [0.15, 0.2) is 4.99 Å². The third-order valence-electron chi connectivity index (χ3n) is 3.56. The summed E-state index contributed by atoms with van der Waals surface area (Å²) in [5.41, 5.74) is 0. The summed E-state index contributed by atoms with van der Waals surface area (Å²) in [6.07, 6.45) is -2.44. The zero-order valence-corrected chi connectivity index (χ0v) is 13.5. The molecule has 0 aromatic carbocycles. The summed E-state index contributed by atoms with van der Waals surface area (Å²) in [6, 6.07) is 0. The number of halogens is 3. The molecule has 0 bridgehead atoms. The molecule has 6 nitrogen and oxygen atoms in total. The maximum Gasteiger partial charge on any atom is 0.411 e. The van der Waals surface area contributed by atoms with Crippen LogP contribution in [-0.4, -0.2) is 70.0 Å². The lowest BCUT2D eigenvalue weighted by molar-refractivity contribution is -0.173. The number of aliphatic imine (C=N–C) groups is 1. The fourth-order valence-electron chi connectivity index (χ4n) is 2.39. The smallest absolute Gasteiger partial charge is 0.411 e. The van der Waals surface area contributed by atoms with Gasteiger partial charge in [0.1, 0.15) is 6.61 Å². The number of likely N-dealkylation sites (tertiary alicyclic amines) is 1. The van der Waals surface area contributed by atoms with Gasteiger partial charge in [0.2, 0.25) is 0 Å². The quantitative estimate of drug-likeness (QED) is 0.343. The van der Waals surface area contributed by atoms with Gasteiger partial charge in [-0.25, -0.2) is 0 Å². The second-order valence-electron chi connectivity index (χ2n) is 5.28. The van der Waals surface area contributed by atoms with Gasteiger partial charge in [0.25, 0.3) is 0 Å². The average molecular weight is 339 g/mol. The SMILES string of the molecule is CN=C(NCCCOCC(F)(F)F)N1CCC(C(=O)OC)CC1. The summed E-state index contributed by atoms with van der Waals surface area (Å²) < 4.78 is 45.0. The monoisotopic (exact) mass is 339 g/mol. The van der Waals surface area contributed by atoms with Crippen molar-refractivity contribution in [2.75, 3.05) is 47.0 Å². The topological polar surface area (TPSA) is 63.2 Å². The number of piperidine rings is 1. The van der Waals surface area contributed by atoms with Crippen LogP contribution in [0.4, 0.5) is 13.2 Å². The molecule has 0 amide bonds. The third kappa shape index (κ3) is 7.54. The van der Waals surface area contributed by atoms with Crippen LogP contribution in [-0.2, 0) is 14.3 Å². The Kier molecular flexibility index (Phi) is 8.15. The number of nitrogens with zero attached hydrogens (tertiary/aromatic N) is 2. The maximum absolute atomic E-state index is 11.9. The minimum absolute atomic E-state index is 0.0356. The fourth-order valence-corrected chi connectivity index (χ4v) is 2.39. The molecule has 134 valence electrons. The number of rotatable bonds is 6. The Morgan fingerprint density at radius 2 is 2.00 bits per heavy atom. The van der Waals surface area contributed by atoms with Crippen LogP contribution < -0.4 is 5.32 Å². The normalized spacial score (nSPS) is 17.3. The van der Waals surface area contributed by atoms with E-state index in [-0.39, 0.29) is 18.5 Å². The second-order valence-corrected chi connectivity index (χ2v) is 5.28. The van der Waals surface area contributed by atoms with Crippen molar-refractivity contribution in [3.63, 3.8) is 0 Å². The maximum atomic E-state index is 11.9. The number of carbonyl (C=O) groups is 1. The minimum Gasteiger partial charge on any atom is -0.469 e. The van der Waals surface area contributed by atoms with Gasteiger partial charge in [-0.3, -0.25) is 9.79 Å². The second kappa shape index (κ2) is 9.59. The van der Waals surface area contributed by atoms with Crippen LogP contribution in [0.25, 0.3) is 0 Å². The number of alkyl halides is 3. The Morgan fingerprint density at radius 3 is 2.52 bits per heavy atom. The van der Waals surface area contributed by atoms with E-state index in [0.717, 1.165) is 0 Å². The van der Waals surface area contributed by atoms with Crippen molar-refractivity contribution in [2.24, 2.45) is 10.9 Å². The van der Waals surface area contributed by atoms with Crippen molar-refractivity contribution in [1.29, 1.82) is 0 Å². The zero-order chi connectivity index (χ0) is 17.3. The van der Waals surface area contributed by atoms with Crippen molar-refractivity contribution >= 4 is 11.9 Å². The molecule has 23 heavy (non-hydrogen) atoms. The van der Waals surface area contributed by atoms with Gasteiger partial charge in [-0.05, 0) is 19.3 Å².